The topological polar surface area (TPSA) is 87.2 Å². The summed E-state index contributed by atoms with van der Waals surface area (Å²) in [5, 5.41) is 8.80. The molecule has 2 aliphatic heterocycles. The summed E-state index contributed by atoms with van der Waals surface area (Å²) in [6.45, 7) is 2.52. The molecule has 0 radical (unpaired) electrons. The first-order valence-electron chi connectivity index (χ1n) is 7.28. The number of hydrogen-bond acceptors (Lipinski definition) is 4. The smallest absolute Gasteiger partial charge is 0.303 e. The molecule has 7 heteroatoms. The second-order valence-electron chi connectivity index (χ2n) is 5.77. The van der Waals surface area contributed by atoms with Gasteiger partial charge >= 0.3 is 5.97 Å². The number of carboxylic acids is 1. The van der Waals surface area contributed by atoms with Gasteiger partial charge in [-0.3, -0.25) is 14.4 Å². The standard InChI is InChI=1S/C14H22N2O5/c1-21-5-4-15-9-11(7-12(15)17)14(20)16-3-2-10(8-16)6-13(18)19/h10-11H,2-9H2,1H3,(H,18,19). The average Bonchev–Trinajstić information content (AvgIpc) is 3.02. The van der Waals surface area contributed by atoms with Crippen LogP contribution in [0.2, 0.25) is 0 Å². The van der Waals surface area contributed by atoms with Gasteiger partial charge in [0.15, 0.2) is 0 Å². The highest BCUT2D eigenvalue weighted by Crippen LogP contribution is 2.25. The van der Waals surface area contributed by atoms with Crippen molar-refractivity contribution in [1.29, 1.82) is 0 Å². The molecule has 2 amide bonds. The number of rotatable bonds is 6. The SMILES string of the molecule is COCCN1CC(C(=O)N2CCC(CC(=O)O)C2)CC1=O. The summed E-state index contributed by atoms with van der Waals surface area (Å²) in [5.41, 5.74) is 0. The second kappa shape index (κ2) is 6.89. The van der Waals surface area contributed by atoms with Crippen LogP contribution in [0.1, 0.15) is 19.3 Å². The number of carboxylic acid groups (broad SMARTS) is 1. The molecule has 0 aromatic heterocycles. The molecule has 2 aliphatic rings. The first-order chi connectivity index (χ1) is 10.0. The monoisotopic (exact) mass is 298 g/mol. The molecule has 2 atom stereocenters. The summed E-state index contributed by atoms with van der Waals surface area (Å²) >= 11 is 0. The van der Waals surface area contributed by atoms with Gasteiger partial charge in [0.2, 0.25) is 11.8 Å². The molecule has 0 spiro atoms. The number of ether oxygens (including phenoxy) is 1. The van der Waals surface area contributed by atoms with Gasteiger partial charge in [-0.1, -0.05) is 0 Å². The fraction of sp³-hybridized carbons (Fsp3) is 0.786. The number of carbonyl (C=O) groups is 3. The van der Waals surface area contributed by atoms with Crippen molar-refractivity contribution >= 4 is 17.8 Å². The van der Waals surface area contributed by atoms with Crippen LogP contribution in [0.25, 0.3) is 0 Å². The Bertz CT molecular complexity index is 426. The third kappa shape index (κ3) is 3.93. The number of carbonyl (C=O) groups excluding carboxylic acids is 2. The molecule has 0 aliphatic carbocycles. The highest BCUT2D eigenvalue weighted by Gasteiger charge is 2.38. The number of aliphatic carboxylic acids is 1. The zero-order chi connectivity index (χ0) is 15.4. The molecule has 7 nitrogen and oxygen atoms in total. The fourth-order valence-electron chi connectivity index (χ4n) is 3.06. The Morgan fingerprint density at radius 2 is 2.14 bits per heavy atom. The maximum Gasteiger partial charge on any atom is 0.303 e. The van der Waals surface area contributed by atoms with E-state index in [1.165, 1.54) is 0 Å². The summed E-state index contributed by atoms with van der Waals surface area (Å²) in [4.78, 5) is 38.3. The molecule has 118 valence electrons. The predicted molar refractivity (Wildman–Crippen MR) is 73.5 cm³/mol. The van der Waals surface area contributed by atoms with E-state index in [4.69, 9.17) is 9.84 Å². The molecule has 1 N–H and O–H groups in total. The maximum atomic E-state index is 12.4. The van der Waals surface area contributed by atoms with E-state index in [9.17, 15) is 14.4 Å². The van der Waals surface area contributed by atoms with E-state index >= 15 is 0 Å². The van der Waals surface area contributed by atoms with E-state index in [2.05, 4.69) is 0 Å². The van der Waals surface area contributed by atoms with Gasteiger partial charge in [-0.15, -0.1) is 0 Å². The minimum atomic E-state index is -0.823. The molecule has 0 aromatic rings. The van der Waals surface area contributed by atoms with E-state index in [0.29, 0.717) is 32.8 Å². The van der Waals surface area contributed by atoms with Gasteiger partial charge in [0.05, 0.1) is 12.5 Å². The Balaban J connectivity index is 1.84. The van der Waals surface area contributed by atoms with Crippen LogP contribution in [-0.4, -0.2) is 72.6 Å². The van der Waals surface area contributed by atoms with Crippen molar-refractivity contribution in [2.24, 2.45) is 11.8 Å². The summed E-state index contributed by atoms with van der Waals surface area (Å²) in [6.07, 6.45) is 1.09. The Hall–Kier alpha value is -1.63. The van der Waals surface area contributed by atoms with Gasteiger partial charge in [-0.25, -0.2) is 0 Å². The van der Waals surface area contributed by atoms with Gasteiger partial charge < -0.3 is 19.6 Å². The third-order valence-corrected chi connectivity index (χ3v) is 4.19. The molecule has 21 heavy (non-hydrogen) atoms. The van der Waals surface area contributed by atoms with Crippen LogP contribution < -0.4 is 0 Å². The maximum absolute atomic E-state index is 12.4. The molecule has 2 fully saturated rings. The summed E-state index contributed by atoms with van der Waals surface area (Å²) < 4.78 is 4.95. The number of likely N-dealkylation sites (tertiary alicyclic amines) is 2. The second-order valence-corrected chi connectivity index (χ2v) is 5.77. The Morgan fingerprint density at radius 3 is 2.81 bits per heavy atom. The highest BCUT2D eigenvalue weighted by molar-refractivity contribution is 5.89. The van der Waals surface area contributed by atoms with Crippen LogP contribution in [0, 0.1) is 11.8 Å². The van der Waals surface area contributed by atoms with Crippen LogP contribution in [0.5, 0.6) is 0 Å². The van der Waals surface area contributed by atoms with E-state index in [0.717, 1.165) is 6.42 Å². The summed E-state index contributed by atoms with van der Waals surface area (Å²) in [5.74, 6) is -1.11. The van der Waals surface area contributed by atoms with Crippen LogP contribution in [0.4, 0.5) is 0 Å². The van der Waals surface area contributed by atoms with Crippen LogP contribution >= 0.6 is 0 Å². The molecule has 0 saturated carbocycles. The largest absolute Gasteiger partial charge is 0.481 e. The van der Waals surface area contributed by atoms with Gasteiger partial charge in [-0.2, -0.15) is 0 Å². The minimum Gasteiger partial charge on any atom is -0.481 e. The molecule has 0 aromatic carbocycles. The molecule has 2 heterocycles. The summed E-state index contributed by atoms with van der Waals surface area (Å²) in [7, 11) is 1.58. The Morgan fingerprint density at radius 1 is 1.38 bits per heavy atom. The fourth-order valence-corrected chi connectivity index (χ4v) is 3.06. The average molecular weight is 298 g/mol. The lowest BCUT2D eigenvalue weighted by molar-refractivity contribution is -0.139. The van der Waals surface area contributed by atoms with Crippen LogP contribution in [0.15, 0.2) is 0 Å². The number of amides is 2. The number of methoxy groups -OCH3 is 1. The van der Waals surface area contributed by atoms with E-state index in [-0.39, 0.29) is 36.5 Å². The minimum absolute atomic E-state index is 0.00770. The Labute approximate surface area is 123 Å². The lowest BCUT2D eigenvalue weighted by atomic mass is 10.1. The van der Waals surface area contributed by atoms with Crippen molar-refractivity contribution in [2.75, 3.05) is 39.9 Å². The third-order valence-electron chi connectivity index (χ3n) is 4.19. The predicted octanol–water partition coefficient (Wildman–Crippen LogP) is -0.195. The number of hydrogen-bond donors (Lipinski definition) is 1. The first-order valence-corrected chi connectivity index (χ1v) is 7.28. The first kappa shape index (κ1) is 15.8. The zero-order valence-electron chi connectivity index (χ0n) is 12.3. The van der Waals surface area contributed by atoms with E-state index < -0.39 is 5.97 Å². The number of nitrogens with zero attached hydrogens (tertiary/aromatic N) is 2. The lowest BCUT2D eigenvalue weighted by Gasteiger charge is -2.21. The van der Waals surface area contributed by atoms with E-state index in [1.54, 1.807) is 16.9 Å². The van der Waals surface area contributed by atoms with Crippen LogP contribution in [-0.2, 0) is 19.1 Å². The zero-order valence-corrected chi connectivity index (χ0v) is 12.3. The van der Waals surface area contributed by atoms with Crippen molar-refractivity contribution in [3.8, 4) is 0 Å². The molecular formula is C14H22N2O5. The Kier molecular flexibility index (Phi) is 5.17. The van der Waals surface area contributed by atoms with Gasteiger partial charge in [-0.05, 0) is 12.3 Å². The van der Waals surface area contributed by atoms with Crippen molar-refractivity contribution < 1.29 is 24.2 Å². The van der Waals surface area contributed by atoms with Gasteiger partial charge in [0, 0.05) is 46.1 Å². The molecule has 2 saturated heterocycles. The van der Waals surface area contributed by atoms with Crippen LogP contribution in [0.3, 0.4) is 0 Å². The van der Waals surface area contributed by atoms with Gasteiger partial charge in [0.25, 0.3) is 0 Å². The van der Waals surface area contributed by atoms with Crippen molar-refractivity contribution in [1.82, 2.24) is 9.80 Å². The quantitative estimate of drug-likeness (QED) is 0.734. The van der Waals surface area contributed by atoms with Crippen molar-refractivity contribution in [2.45, 2.75) is 19.3 Å². The molecule has 2 unspecified atom stereocenters. The van der Waals surface area contributed by atoms with Gasteiger partial charge in [0.1, 0.15) is 0 Å². The highest BCUT2D eigenvalue weighted by atomic mass is 16.5. The normalized spacial score (nSPS) is 25.7. The van der Waals surface area contributed by atoms with Crippen molar-refractivity contribution in [3.63, 3.8) is 0 Å². The van der Waals surface area contributed by atoms with Crippen molar-refractivity contribution in [3.05, 3.63) is 0 Å². The molecule has 2 rings (SSSR count). The lowest BCUT2D eigenvalue weighted by Crippen LogP contribution is -2.36. The summed E-state index contributed by atoms with van der Waals surface area (Å²) in [6, 6.07) is 0. The molecular weight excluding hydrogens is 276 g/mol. The molecule has 0 bridgehead atoms. The van der Waals surface area contributed by atoms with E-state index in [1.807, 2.05) is 0 Å².